The second kappa shape index (κ2) is 6.84. The van der Waals surface area contributed by atoms with E-state index >= 15 is 0 Å². The zero-order chi connectivity index (χ0) is 20.0. The van der Waals surface area contributed by atoms with E-state index in [0.29, 0.717) is 13.1 Å². The Morgan fingerprint density at radius 2 is 1.81 bits per heavy atom. The average molecular weight is 373 g/mol. The molecule has 27 heavy (non-hydrogen) atoms. The van der Waals surface area contributed by atoms with Crippen LogP contribution in [-0.2, 0) is 9.53 Å². The highest BCUT2D eigenvalue weighted by molar-refractivity contribution is 5.85. The Balaban J connectivity index is 1.90. The first-order valence-corrected chi connectivity index (χ1v) is 9.87. The van der Waals surface area contributed by atoms with Crippen molar-refractivity contribution in [3.05, 3.63) is 35.4 Å². The van der Waals surface area contributed by atoms with E-state index in [0.717, 1.165) is 24.0 Å². The van der Waals surface area contributed by atoms with Crippen molar-refractivity contribution < 1.29 is 14.3 Å². The lowest BCUT2D eigenvalue weighted by Crippen LogP contribution is -2.58. The minimum atomic E-state index is -0.550. The highest BCUT2D eigenvalue weighted by Crippen LogP contribution is 2.47. The van der Waals surface area contributed by atoms with Gasteiger partial charge in [-0.05, 0) is 53.0 Å². The lowest BCUT2D eigenvalue weighted by atomic mass is 9.96. The maximum Gasteiger partial charge on any atom is 0.410 e. The van der Waals surface area contributed by atoms with E-state index in [1.54, 1.807) is 4.90 Å². The smallest absolute Gasteiger partial charge is 0.410 e. The van der Waals surface area contributed by atoms with Gasteiger partial charge in [-0.3, -0.25) is 9.69 Å². The number of hydrogen-bond acceptors (Lipinski definition) is 3. The van der Waals surface area contributed by atoms with Gasteiger partial charge in [0.25, 0.3) is 0 Å². The summed E-state index contributed by atoms with van der Waals surface area (Å²) >= 11 is 0. The SMILES string of the molecule is Cc1cccc(C2CN(C(=O)C3(C)CC3)[C@H](C)CN2C(=O)OC(C)(C)C)c1. The number of rotatable bonds is 2. The van der Waals surface area contributed by atoms with Crippen LogP contribution in [0.3, 0.4) is 0 Å². The number of benzene rings is 1. The van der Waals surface area contributed by atoms with Crippen LogP contribution in [0.4, 0.5) is 4.79 Å². The molecule has 1 aromatic rings. The quantitative estimate of drug-likeness (QED) is 0.777. The number of piperazine rings is 1. The lowest BCUT2D eigenvalue weighted by molar-refractivity contribution is -0.142. The molecule has 2 atom stereocenters. The molecule has 1 saturated carbocycles. The van der Waals surface area contributed by atoms with Crippen LogP contribution in [0.25, 0.3) is 0 Å². The molecular weight excluding hydrogens is 340 g/mol. The van der Waals surface area contributed by atoms with Gasteiger partial charge in [0.2, 0.25) is 5.91 Å². The topological polar surface area (TPSA) is 49.9 Å². The maximum atomic E-state index is 13.0. The monoisotopic (exact) mass is 372 g/mol. The van der Waals surface area contributed by atoms with Gasteiger partial charge in [0.15, 0.2) is 0 Å². The third kappa shape index (κ3) is 4.28. The second-order valence-corrected chi connectivity index (χ2v) is 9.43. The van der Waals surface area contributed by atoms with Crippen LogP contribution < -0.4 is 0 Å². The van der Waals surface area contributed by atoms with E-state index in [1.807, 2.05) is 64.6 Å². The van der Waals surface area contributed by atoms with E-state index in [9.17, 15) is 9.59 Å². The van der Waals surface area contributed by atoms with E-state index in [4.69, 9.17) is 4.74 Å². The van der Waals surface area contributed by atoms with Crippen molar-refractivity contribution in [2.24, 2.45) is 5.41 Å². The normalized spacial score (nSPS) is 24.5. The van der Waals surface area contributed by atoms with E-state index in [1.165, 1.54) is 0 Å². The molecule has 2 amide bonds. The number of aryl methyl sites for hydroxylation is 1. The van der Waals surface area contributed by atoms with Crippen LogP contribution in [0.5, 0.6) is 0 Å². The summed E-state index contributed by atoms with van der Waals surface area (Å²) < 4.78 is 5.67. The fourth-order valence-corrected chi connectivity index (χ4v) is 3.69. The van der Waals surface area contributed by atoms with Crippen molar-refractivity contribution in [3.63, 3.8) is 0 Å². The predicted octanol–water partition coefficient (Wildman–Crippen LogP) is 4.30. The fourth-order valence-electron chi connectivity index (χ4n) is 3.69. The molecule has 0 N–H and O–H groups in total. The number of carbonyl (C=O) groups is 2. The van der Waals surface area contributed by atoms with Gasteiger partial charge in [-0.25, -0.2) is 4.79 Å². The summed E-state index contributed by atoms with van der Waals surface area (Å²) in [4.78, 5) is 29.7. The molecule has 5 heteroatoms. The predicted molar refractivity (Wildman–Crippen MR) is 105 cm³/mol. The minimum Gasteiger partial charge on any atom is -0.444 e. The molecule has 1 aliphatic heterocycles. The van der Waals surface area contributed by atoms with Gasteiger partial charge in [-0.1, -0.05) is 36.8 Å². The fraction of sp³-hybridized carbons (Fsp3) is 0.636. The van der Waals surface area contributed by atoms with Crippen molar-refractivity contribution in [2.75, 3.05) is 13.1 Å². The first kappa shape index (κ1) is 19.7. The first-order chi connectivity index (χ1) is 12.5. The van der Waals surface area contributed by atoms with Gasteiger partial charge in [-0.15, -0.1) is 0 Å². The highest BCUT2D eigenvalue weighted by atomic mass is 16.6. The Morgan fingerprint density at radius 3 is 2.37 bits per heavy atom. The zero-order valence-electron chi connectivity index (χ0n) is 17.4. The molecule has 1 unspecified atom stereocenters. The third-order valence-electron chi connectivity index (χ3n) is 5.57. The Kier molecular flexibility index (Phi) is 5.00. The van der Waals surface area contributed by atoms with Crippen molar-refractivity contribution >= 4 is 12.0 Å². The Labute approximate surface area is 162 Å². The number of hydrogen-bond donors (Lipinski definition) is 0. The van der Waals surface area contributed by atoms with Gasteiger partial charge >= 0.3 is 6.09 Å². The average Bonchev–Trinajstić information content (AvgIpc) is 3.31. The summed E-state index contributed by atoms with van der Waals surface area (Å²) in [6.45, 7) is 12.7. The summed E-state index contributed by atoms with van der Waals surface area (Å²) in [5.74, 6) is 0.219. The van der Waals surface area contributed by atoms with Crippen molar-refractivity contribution in [2.45, 2.75) is 72.1 Å². The molecular formula is C22H32N2O3. The van der Waals surface area contributed by atoms with Gasteiger partial charge in [0.1, 0.15) is 5.60 Å². The van der Waals surface area contributed by atoms with Crippen LogP contribution in [0.1, 0.15) is 64.6 Å². The molecule has 1 saturated heterocycles. The van der Waals surface area contributed by atoms with Crippen LogP contribution in [-0.4, -0.2) is 46.5 Å². The molecule has 0 radical (unpaired) electrons. The summed E-state index contributed by atoms with van der Waals surface area (Å²) in [7, 11) is 0. The van der Waals surface area contributed by atoms with E-state index in [2.05, 4.69) is 6.07 Å². The summed E-state index contributed by atoms with van der Waals surface area (Å²) in [5, 5.41) is 0. The van der Waals surface area contributed by atoms with Crippen molar-refractivity contribution in [1.29, 1.82) is 0 Å². The molecule has 0 aromatic heterocycles. The number of ether oxygens (including phenoxy) is 1. The van der Waals surface area contributed by atoms with Crippen LogP contribution in [0.2, 0.25) is 0 Å². The van der Waals surface area contributed by atoms with Gasteiger partial charge in [-0.2, -0.15) is 0 Å². The number of nitrogens with zero attached hydrogens (tertiary/aromatic N) is 2. The molecule has 1 aliphatic carbocycles. The molecule has 0 bridgehead atoms. The zero-order valence-corrected chi connectivity index (χ0v) is 17.4. The van der Waals surface area contributed by atoms with Crippen molar-refractivity contribution in [1.82, 2.24) is 9.80 Å². The molecule has 3 rings (SSSR count). The first-order valence-electron chi connectivity index (χ1n) is 9.87. The van der Waals surface area contributed by atoms with Gasteiger partial charge < -0.3 is 9.64 Å². The number of carbonyl (C=O) groups excluding carboxylic acids is 2. The van der Waals surface area contributed by atoms with Crippen LogP contribution in [0.15, 0.2) is 24.3 Å². The standard InChI is InChI=1S/C22H32N2O3/c1-15-8-7-9-17(12-15)18-14-23(19(25)22(6)10-11-22)16(2)13-24(18)20(26)27-21(3,4)5/h7-9,12,16,18H,10-11,13-14H2,1-6H3/t16-,18?/m1/s1. The maximum absolute atomic E-state index is 13.0. The molecule has 1 heterocycles. The largest absolute Gasteiger partial charge is 0.444 e. The molecule has 148 valence electrons. The Hall–Kier alpha value is -2.04. The summed E-state index contributed by atoms with van der Waals surface area (Å²) in [5.41, 5.74) is 1.43. The Bertz CT molecular complexity index is 733. The van der Waals surface area contributed by atoms with Crippen molar-refractivity contribution in [3.8, 4) is 0 Å². The molecule has 1 aromatic carbocycles. The second-order valence-electron chi connectivity index (χ2n) is 9.43. The molecule has 2 aliphatic rings. The van der Waals surface area contributed by atoms with Gasteiger partial charge in [0, 0.05) is 24.5 Å². The summed E-state index contributed by atoms with van der Waals surface area (Å²) in [6, 6.07) is 7.96. The highest BCUT2D eigenvalue weighted by Gasteiger charge is 2.50. The summed E-state index contributed by atoms with van der Waals surface area (Å²) in [6.07, 6.45) is 1.60. The molecule has 5 nitrogen and oxygen atoms in total. The third-order valence-corrected chi connectivity index (χ3v) is 5.57. The Morgan fingerprint density at radius 1 is 1.15 bits per heavy atom. The van der Waals surface area contributed by atoms with E-state index in [-0.39, 0.29) is 29.5 Å². The van der Waals surface area contributed by atoms with Crippen LogP contribution >= 0.6 is 0 Å². The molecule has 2 fully saturated rings. The van der Waals surface area contributed by atoms with Crippen LogP contribution in [0, 0.1) is 12.3 Å². The van der Waals surface area contributed by atoms with E-state index < -0.39 is 5.60 Å². The number of amides is 2. The lowest BCUT2D eigenvalue weighted by Gasteiger charge is -2.46. The minimum absolute atomic E-state index is 0.0245. The molecule has 0 spiro atoms. The van der Waals surface area contributed by atoms with Gasteiger partial charge in [0.05, 0.1) is 6.04 Å².